The average molecular weight is 299 g/mol. The molecule has 0 saturated heterocycles. The van der Waals surface area contributed by atoms with Gasteiger partial charge in [-0.05, 0) is 44.2 Å². The van der Waals surface area contributed by atoms with Crippen LogP contribution in [0, 0.1) is 0 Å². The van der Waals surface area contributed by atoms with Gasteiger partial charge in [-0.15, -0.1) is 0 Å². The van der Waals surface area contributed by atoms with Gasteiger partial charge >= 0.3 is 6.18 Å². The molecule has 0 aromatic heterocycles. The molecule has 116 valence electrons. The van der Waals surface area contributed by atoms with Crippen molar-refractivity contribution in [2.24, 2.45) is 10.7 Å². The van der Waals surface area contributed by atoms with Gasteiger partial charge in [-0.1, -0.05) is 18.2 Å². The molecule has 1 aliphatic carbocycles. The highest BCUT2D eigenvalue weighted by molar-refractivity contribution is 5.78. The third-order valence-electron chi connectivity index (χ3n) is 3.56. The monoisotopic (exact) mass is 299 g/mol. The van der Waals surface area contributed by atoms with E-state index in [9.17, 15) is 13.2 Å². The van der Waals surface area contributed by atoms with Crippen LogP contribution in [0.15, 0.2) is 29.3 Å². The van der Waals surface area contributed by atoms with Crippen LogP contribution in [0.2, 0.25) is 0 Å². The van der Waals surface area contributed by atoms with Crippen LogP contribution in [0.5, 0.6) is 0 Å². The van der Waals surface area contributed by atoms with Gasteiger partial charge in [0.15, 0.2) is 5.96 Å². The number of nitrogens with two attached hydrogens (primary N) is 1. The third-order valence-corrected chi connectivity index (χ3v) is 3.56. The van der Waals surface area contributed by atoms with Gasteiger partial charge in [0, 0.05) is 6.04 Å². The molecule has 1 aliphatic rings. The van der Waals surface area contributed by atoms with Crippen LogP contribution in [-0.2, 0) is 6.18 Å². The lowest BCUT2D eigenvalue weighted by molar-refractivity contribution is -0.137. The molecule has 0 unspecified atom stereocenters. The summed E-state index contributed by atoms with van der Waals surface area (Å²) in [5, 5.41) is 3.00. The van der Waals surface area contributed by atoms with Crippen molar-refractivity contribution in [3.63, 3.8) is 0 Å². The van der Waals surface area contributed by atoms with Crippen LogP contribution >= 0.6 is 0 Å². The number of rotatable bonds is 3. The van der Waals surface area contributed by atoms with E-state index >= 15 is 0 Å². The number of benzene rings is 1. The fraction of sp³-hybridized carbons (Fsp3) is 0.533. The van der Waals surface area contributed by atoms with E-state index in [4.69, 9.17) is 5.73 Å². The maximum atomic E-state index is 12.7. The molecule has 1 fully saturated rings. The number of aliphatic imine (C=N–C) groups is 1. The molecule has 1 saturated carbocycles. The largest absolute Gasteiger partial charge is 0.416 e. The molecule has 3 nitrogen and oxygen atoms in total. The zero-order valence-corrected chi connectivity index (χ0v) is 12.1. The van der Waals surface area contributed by atoms with Crippen molar-refractivity contribution in [3.05, 3.63) is 35.4 Å². The zero-order chi connectivity index (χ0) is 15.6. The predicted molar refractivity (Wildman–Crippen MR) is 77.1 cm³/mol. The zero-order valence-electron chi connectivity index (χ0n) is 12.1. The summed E-state index contributed by atoms with van der Waals surface area (Å²) in [6.45, 7) is 3.93. The second kappa shape index (κ2) is 5.95. The van der Waals surface area contributed by atoms with Gasteiger partial charge in [-0.2, -0.15) is 13.2 Å². The lowest BCUT2D eigenvalue weighted by Crippen LogP contribution is -2.39. The van der Waals surface area contributed by atoms with Crippen LogP contribution in [0.3, 0.4) is 0 Å². The number of halogens is 3. The molecular formula is C15H20F3N3. The van der Waals surface area contributed by atoms with Gasteiger partial charge in [0.1, 0.15) is 0 Å². The van der Waals surface area contributed by atoms with E-state index in [1.165, 1.54) is 12.1 Å². The first-order valence-corrected chi connectivity index (χ1v) is 7.02. The number of hydrogen-bond acceptors (Lipinski definition) is 1. The molecule has 1 aromatic carbocycles. The van der Waals surface area contributed by atoms with E-state index in [0.717, 1.165) is 24.5 Å². The molecule has 0 atom stereocenters. The van der Waals surface area contributed by atoms with Crippen LogP contribution in [0.4, 0.5) is 13.2 Å². The summed E-state index contributed by atoms with van der Waals surface area (Å²) >= 11 is 0. The smallest absolute Gasteiger partial charge is 0.370 e. The molecule has 0 amide bonds. The van der Waals surface area contributed by atoms with Gasteiger partial charge in [0.05, 0.1) is 11.6 Å². The first kappa shape index (κ1) is 15.7. The van der Waals surface area contributed by atoms with Crippen molar-refractivity contribution in [2.45, 2.75) is 50.9 Å². The topological polar surface area (TPSA) is 50.4 Å². The molecule has 0 heterocycles. The van der Waals surface area contributed by atoms with E-state index in [-0.39, 0.29) is 18.0 Å². The van der Waals surface area contributed by atoms with Crippen molar-refractivity contribution in [2.75, 3.05) is 0 Å². The average Bonchev–Trinajstić information content (AvgIpc) is 2.31. The van der Waals surface area contributed by atoms with E-state index in [1.54, 1.807) is 6.07 Å². The second-order valence-corrected chi connectivity index (χ2v) is 5.76. The van der Waals surface area contributed by atoms with Crippen molar-refractivity contribution >= 4 is 5.96 Å². The number of nitrogens with zero attached hydrogens (tertiary/aromatic N) is 1. The van der Waals surface area contributed by atoms with Crippen LogP contribution < -0.4 is 11.1 Å². The number of guanidine groups is 1. The Morgan fingerprint density at radius 3 is 2.57 bits per heavy atom. The van der Waals surface area contributed by atoms with E-state index < -0.39 is 11.7 Å². The highest BCUT2D eigenvalue weighted by Gasteiger charge is 2.34. The number of nitrogens with one attached hydrogen (secondary N) is 1. The quantitative estimate of drug-likeness (QED) is 0.665. The molecule has 0 spiro atoms. The Morgan fingerprint density at radius 1 is 1.33 bits per heavy atom. The van der Waals surface area contributed by atoms with Crippen molar-refractivity contribution in [3.8, 4) is 0 Å². The van der Waals surface area contributed by atoms with Crippen molar-refractivity contribution in [1.29, 1.82) is 0 Å². The van der Waals surface area contributed by atoms with E-state index in [2.05, 4.69) is 10.3 Å². The normalized spacial score (nSPS) is 23.0. The summed E-state index contributed by atoms with van der Waals surface area (Å²) in [5.74, 6) is 0.533. The maximum Gasteiger partial charge on any atom is 0.416 e. The summed E-state index contributed by atoms with van der Waals surface area (Å²) in [4.78, 5) is 4.33. The highest BCUT2D eigenvalue weighted by Crippen LogP contribution is 2.40. The van der Waals surface area contributed by atoms with Crippen molar-refractivity contribution in [1.82, 2.24) is 5.32 Å². The minimum absolute atomic E-state index is 0.0933. The molecule has 1 aromatic rings. The van der Waals surface area contributed by atoms with Crippen molar-refractivity contribution < 1.29 is 13.2 Å². The first-order chi connectivity index (χ1) is 9.75. The van der Waals surface area contributed by atoms with Gasteiger partial charge in [-0.25, -0.2) is 0 Å². The Balaban J connectivity index is 1.96. The Hall–Kier alpha value is -1.72. The second-order valence-electron chi connectivity index (χ2n) is 5.76. The predicted octanol–water partition coefficient (Wildman–Crippen LogP) is 3.26. The summed E-state index contributed by atoms with van der Waals surface area (Å²) in [7, 11) is 0. The molecule has 0 aliphatic heterocycles. The molecule has 0 bridgehead atoms. The summed E-state index contributed by atoms with van der Waals surface area (Å²) in [6.07, 6.45) is -2.81. The molecule has 0 radical (unpaired) electrons. The molecule has 3 N–H and O–H groups in total. The molecule has 2 rings (SSSR count). The first-order valence-electron chi connectivity index (χ1n) is 7.02. The Labute approximate surface area is 122 Å². The van der Waals surface area contributed by atoms with E-state index in [0.29, 0.717) is 5.96 Å². The third kappa shape index (κ3) is 4.12. The maximum absolute atomic E-state index is 12.7. The SMILES string of the molecule is CC(C)NC(N)=NC1CC(c2cccc(C(F)(F)F)c2)C1. The number of hydrogen-bond donors (Lipinski definition) is 2. The fourth-order valence-corrected chi connectivity index (χ4v) is 2.46. The molecule has 21 heavy (non-hydrogen) atoms. The lowest BCUT2D eigenvalue weighted by atomic mass is 9.76. The Morgan fingerprint density at radius 2 is 2.00 bits per heavy atom. The minimum Gasteiger partial charge on any atom is -0.370 e. The summed E-state index contributed by atoms with van der Waals surface area (Å²) in [5.41, 5.74) is 5.88. The highest BCUT2D eigenvalue weighted by atomic mass is 19.4. The van der Waals surface area contributed by atoms with Crippen LogP contribution in [0.25, 0.3) is 0 Å². The van der Waals surface area contributed by atoms with Gasteiger partial charge in [0.2, 0.25) is 0 Å². The lowest BCUT2D eigenvalue weighted by Gasteiger charge is -2.33. The Bertz CT molecular complexity index is 517. The number of alkyl halides is 3. The van der Waals surface area contributed by atoms with Crippen LogP contribution in [-0.4, -0.2) is 18.0 Å². The minimum atomic E-state index is -4.29. The van der Waals surface area contributed by atoms with Gasteiger partial charge in [0.25, 0.3) is 0 Å². The Kier molecular flexibility index (Phi) is 4.44. The molecular weight excluding hydrogens is 279 g/mol. The molecule has 6 heteroatoms. The fourth-order valence-electron chi connectivity index (χ4n) is 2.46. The standard InChI is InChI=1S/C15H20F3N3/c1-9(2)20-14(19)21-13-7-11(8-13)10-4-3-5-12(6-10)15(16,17)18/h3-6,9,11,13H,7-8H2,1-2H3,(H3,19,20,21). The van der Waals surface area contributed by atoms with Crippen LogP contribution in [0.1, 0.15) is 43.7 Å². The van der Waals surface area contributed by atoms with E-state index in [1.807, 2.05) is 13.8 Å². The van der Waals surface area contributed by atoms with Gasteiger partial charge in [-0.3, -0.25) is 4.99 Å². The van der Waals surface area contributed by atoms with Gasteiger partial charge < -0.3 is 11.1 Å². The summed E-state index contributed by atoms with van der Waals surface area (Å²) < 4.78 is 38.0. The summed E-state index contributed by atoms with van der Waals surface area (Å²) in [6, 6.07) is 5.85.